The van der Waals surface area contributed by atoms with Gasteiger partial charge in [-0.1, -0.05) is 18.2 Å². The Labute approximate surface area is 144 Å². The molecular weight excluding hydrogens is 363 g/mol. The van der Waals surface area contributed by atoms with Gasteiger partial charge in [-0.05, 0) is 6.07 Å². The number of carbonyl (C=O) groups is 1. The molecule has 2 aromatic carbocycles. The molecule has 1 atom stereocenters. The highest BCUT2D eigenvalue weighted by Crippen LogP contribution is 2.27. The first-order valence-electron chi connectivity index (χ1n) is 7.15. The van der Waals surface area contributed by atoms with E-state index in [9.17, 15) is 31.9 Å². The molecule has 0 radical (unpaired) electrons. The van der Waals surface area contributed by atoms with Crippen LogP contribution in [0.3, 0.4) is 0 Å². The summed E-state index contributed by atoms with van der Waals surface area (Å²) in [5.41, 5.74) is -1.17. The van der Waals surface area contributed by atoms with Gasteiger partial charge in [0.15, 0.2) is 23.3 Å². The quantitative estimate of drug-likeness (QED) is 0.426. The number of amides is 2. The Morgan fingerprint density at radius 1 is 1.04 bits per heavy atom. The van der Waals surface area contributed by atoms with Crippen molar-refractivity contribution in [2.24, 2.45) is 0 Å². The number of hydrogen-bond donors (Lipinski definition) is 3. The molecule has 0 aliphatic rings. The second kappa shape index (κ2) is 8.00. The van der Waals surface area contributed by atoms with Crippen LogP contribution < -0.4 is 15.4 Å². The van der Waals surface area contributed by atoms with E-state index < -0.39 is 53.5 Å². The van der Waals surface area contributed by atoms with Crippen molar-refractivity contribution in [1.82, 2.24) is 5.32 Å². The summed E-state index contributed by atoms with van der Waals surface area (Å²) >= 11 is 0. The maximum absolute atomic E-state index is 13.5. The van der Waals surface area contributed by atoms with E-state index in [1.54, 1.807) is 18.2 Å². The molecule has 0 aliphatic heterocycles. The van der Waals surface area contributed by atoms with Crippen LogP contribution in [-0.4, -0.2) is 24.8 Å². The maximum atomic E-state index is 13.5. The third kappa shape index (κ3) is 3.85. The topological polar surface area (TPSA) is 70.6 Å². The summed E-state index contributed by atoms with van der Waals surface area (Å²) in [7, 11) is 1.37. The van der Waals surface area contributed by atoms with Crippen LogP contribution in [0, 0.1) is 29.1 Å². The molecule has 26 heavy (non-hydrogen) atoms. The van der Waals surface area contributed by atoms with E-state index in [0.29, 0.717) is 11.3 Å². The van der Waals surface area contributed by atoms with Crippen molar-refractivity contribution in [3.8, 4) is 5.75 Å². The number of aliphatic hydroxyl groups excluding tert-OH is 1. The fourth-order valence-electron chi connectivity index (χ4n) is 2.11. The van der Waals surface area contributed by atoms with Gasteiger partial charge in [0.05, 0.1) is 13.2 Å². The third-order valence-corrected chi connectivity index (χ3v) is 3.40. The van der Waals surface area contributed by atoms with Gasteiger partial charge in [0.25, 0.3) is 0 Å². The fourth-order valence-corrected chi connectivity index (χ4v) is 2.11. The number of methoxy groups -OCH3 is 1. The van der Waals surface area contributed by atoms with Gasteiger partial charge in [-0.3, -0.25) is 0 Å². The summed E-state index contributed by atoms with van der Waals surface area (Å²) in [4.78, 5) is 11.7. The molecule has 2 aromatic rings. The number of rotatable bonds is 5. The van der Waals surface area contributed by atoms with Gasteiger partial charge in [-0.25, -0.2) is 26.7 Å². The van der Waals surface area contributed by atoms with Crippen molar-refractivity contribution in [3.63, 3.8) is 0 Å². The van der Waals surface area contributed by atoms with Crippen molar-refractivity contribution in [2.45, 2.75) is 6.10 Å². The lowest BCUT2D eigenvalue weighted by atomic mass is 10.1. The minimum absolute atomic E-state index is 0.325. The second-order valence-corrected chi connectivity index (χ2v) is 5.04. The molecule has 0 aliphatic carbocycles. The molecule has 140 valence electrons. The van der Waals surface area contributed by atoms with E-state index in [1.807, 2.05) is 0 Å². The zero-order valence-corrected chi connectivity index (χ0v) is 13.2. The average Bonchev–Trinajstić information content (AvgIpc) is 2.66. The predicted octanol–water partition coefficient (Wildman–Crippen LogP) is 3.25. The monoisotopic (exact) mass is 376 g/mol. The van der Waals surface area contributed by atoms with Crippen LogP contribution in [-0.2, 0) is 0 Å². The first-order chi connectivity index (χ1) is 12.3. The molecule has 0 bridgehead atoms. The lowest BCUT2D eigenvalue weighted by Gasteiger charge is -2.16. The molecule has 0 fully saturated rings. The Morgan fingerprint density at radius 2 is 1.58 bits per heavy atom. The lowest BCUT2D eigenvalue weighted by Crippen LogP contribution is -2.33. The normalized spacial score (nSPS) is 11.8. The van der Waals surface area contributed by atoms with E-state index in [1.165, 1.54) is 18.5 Å². The SMILES string of the molecule is COc1ccccc1[C@@H](O)CNC(=O)Nc1c(F)c(F)c(F)c(F)c1F. The van der Waals surface area contributed by atoms with Crippen molar-refractivity contribution < 1.29 is 36.6 Å². The first-order valence-corrected chi connectivity index (χ1v) is 7.15. The van der Waals surface area contributed by atoms with Crippen molar-refractivity contribution in [3.05, 3.63) is 58.9 Å². The number of carbonyl (C=O) groups excluding carboxylic acids is 1. The molecule has 10 heteroatoms. The van der Waals surface area contributed by atoms with Gasteiger partial charge in [0, 0.05) is 12.1 Å². The Balaban J connectivity index is 2.08. The van der Waals surface area contributed by atoms with Crippen LogP contribution >= 0.6 is 0 Å². The maximum Gasteiger partial charge on any atom is 0.319 e. The van der Waals surface area contributed by atoms with Crippen LogP contribution in [0.1, 0.15) is 11.7 Å². The Kier molecular flexibility index (Phi) is 5.98. The Hall–Kier alpha value is -2.88. The van der Waals surface area contributed by atoms with Crippen LogP contribution in [0.2, 0.25) is 0 Å². The molecule has 0 heterocycles. The molecule has 0 unspecified atom stereocenters. The molecule has 2 rings (SSSR count). The number of nitrogens with one attached hydrogen (secondary N) is 2. The molecule has 0 spiro atoms. The van der Waals surface area contributed by atoms with E-state index >= 15 is 0 Å². The van der Waals surface area contributed by atoms with E-state index in [-0.39, 0.29) is 0 Å². The highest BCUT2D eigenvalue weighted by Gasteiger charge is 2.27. The summed E-state index contributed by atoms with van der Waals surface area (Å²) in [5.74, 6) is -10.7. The van der Waals surface area contributed by atoms with Crippen LogP contribution in [0.25, 0.3) is 0 Å². The summed E-state index contributed by atoms with van der Waals surface area (Å²) in [5, 5.41) is 13.6. The van der Waals surface area contributed by atoms with E-state index in [0.717, 1.165) is 0 Å². The zero-order chi connectivity index (χ0) is 19.4. The van der Waals surface area contributed by atoms with Gasteiger partial charge in [0.1, 0.15) is 11.4 Å². The fraction of sp³-hybridized carbons (Fsp3) is 0.188. The minimum Gasteiger partial charge on any atom is -0.496 e. The number of anilines is 1. The Bertz CT molecular complexity index is 803. The second-order valence-electron chi connectivity index (χ2n) is 5.04. The van der Waals surface area contributed by atoms with Gasteiger partial charge in [-0.15, -0.1) is 0 Å². The molecule has 0 saturated heterocycles. The highest BCUT2D eigenvalue weighted by atomic mass is 19.2. The number of hydrogen-bond acceptors (Lipinski definition) is 3. The van der Waals surface area contributed by atoms with Gasteiger partial charge < -0.3 is 20.5 Å². The summed E-state index contributed by atoms with van der Waals surface area (Å²) < 4.78 is 71.1. The highest BCUT2D eigenvalue weighted by molar-refractivity contribution is 5.89. The molecule has 2 amide bonds. The molecule has 0 aromatic heterocycles. The van der Waals surface area contributed by atoms with Crippen LogP contribution in [0.15, 0.2) is 24.3 Å². The first kappa shape index (κ1) is 19.4. The van der Waals surface area contributed by atoms with Gasteiger partial charge in [0.2, 0.25) is 5.82 Å². The lowest BCUT2D eigenvalue weighted by molar-refractivity contribution is 0.171. The number of urea groups is 1. The standard InChI is InChI=1S/C16H13F5N2O3/c1-26-9-5-3-2-4-7(9)8(24)6-22-16(25)23-15-13(20)11(18)10(17)12(19)14(15)21/h2-5,8,24H,6H2,1H3,(H2,22,23,25)/t8-/m0/s1. The summed E-state index contributed by atoms with van der Waals surface area (Å²) in [6.07, 6.45) is -1.24. The van der Waals surface area contributed by atoms with E-state index in [4.69, 9.17) is 4.74 Å². The number of benzene rings is 2. The Morgan fingerprint density at radius 3 is 2.15 bits per heavy atom. The van der Waals surface area contributed by atoms with Crippen molar-refractivity contribution >= 4 is 11.7 Å². The number of halogens is 5. The molecular formula is C16H13F5N2O3. The number of ether oxygens (including phenoxy) is 1. The van der Waals surface area contributed by atoms with Gasteiger partial charge >= 0.3 is 6.03 Å². The van der Waals surface area contributed by atoms with Crippen molar-refractivity contribution in [1.29, 1.82) is 0 Å². The largest absolute Gasteiger partial charge is 0.496 e. The average molecular weight is 376 g/mol. The smallest absolute Gasteiger partial charge is 0.319 e. The number of aliphatic hydroxyl groups is 1. The van der Waals surface area contributed by atoms with E-state index in [2.05, 4.69) is 5.32 Å². The molecule has 0 saturated carbocycles. The van der Waals surface area contributed by atoms with Gasteiger partial charge in [-0.2, -0.15) is 0 Å². The molecule has 3 N–H and O–H groups in total. The zero-order valence-electron chi connectivity index (χ0n) is 13.2. The number of para-hydroxylation sites is 1. The van der Waals surface area contributed by atoms with Crippen LogP contribution in [0.5, 0.6) is 5.75 Å². The summed E-state index contributed by atoms with van der Waals surface area (Å²) in [6, 6.07) is 5.07. The minimum atomic E-state index is -2.34. The third-order valence-electron chi connectivity index (χ3n) is 3.40. The summed E-state index contributed by atoms with van der Waals surface area (Å²) in [6.45, 7) is -0.415. The van der Waals surface area contributed by atoms with Crippen LogP contribution in [0.4, 0.5) is 32.4 Å². The predicted molar refractivity (Wildman–Crippen MR) is 81.2 cm³/mol. The molecule has 5 nitrogen and oxygen atoms in total. The van der Waals surface area contributed by atoms with Crippen molar-refractivity contribution in [2.75, 3.05) is 19.0 Å².